The summed E-state index contributed by atoms with van der Waals surface area (Å²) in [7, 11) is -2.82. The molecule has 2 rings (SSSR count). The van der Waals surface area contributed by atoms with Gasteiger partial charge in [-0.1, -0.05) is 13.3 Å². The number of hydrogen-bond donors (Lipinski definition) is 3. The minimum absolute atomic E-state index is 0.0631. The van der Waals surface area contributed by atoms with Gasteiger partial charge in [0.1, 0.15) is 18.0 Å². The number of benzene rings is 1. The summed E-state index contributed by atoms with van der Waals surface area (Å²) >= 11 is 0. The van der Waals surface area contributed by atoms with Crippen LogP contribution in [-0.4, -0.2) is 78.6 Å². The fraction of sp³-hybridized carbons (Fsp3) is 0.588. The average Bonchev–Trinajstić information content (AvgIpc) is 2.65. The molecule has 152 valence electrons. The minimum Gasteiger partial charge on any atom is -0.497 e. The van der Waals surface area contributed by atoms with Crippen molar-refractivity contribution in [2.24, 2.45) is 0 Å². The van der Waals surface area contributed by atoms with E-state index >= 15 is 0 Å². The Kier molecular flexibility index (Phi) is 7.18. The lowest BCUT2D eigenvalue weighted by Gasteiger charge is -2.41. The molecule has 1 aromatic rings. The topological polar surface area (TPSA) is 134 Å². The van der Waals surface area contributed by atoms with Gasteiger partial charge in [-0.2, -0.15) is 4.31 Å². The number of nitrogens with zero attached hydrogens (tertiary/aromatic N) is 1. The van der Waals surface area contributed by atoms with Crippen LogP contribution in [0.25, 0.3) is 0 Å². The predicted molar refractivity (Wildman–Crippen MR) is 94.6 cm³/mol. The second kappa shape index (κ2) is 8.98. The highest BCUT2D eigenvalue weighted by atomic mass is 32.2. The molecule has 0 amide bonds. The van der Waals surface area contributed by atoms with Gasteiger partial charge in [0, 0.05) is 6.54 Å². The maximum atomic E-state index is 13.0. The van der Waals surface area contributed by atoms with Crippen LogP contribution in [0.3, 0.4) is 0 Å². The van der Waals surface area contributed by atoms with Crippen LogP contribution in [0, 0.1) is 0 Å². The third-order valence-electron chi connectivity index (χ3n) is 4.39. The predicted octanol–water partition coefficient (Wildman–Crippen LogP) is -0.506. The highest BCUT2D eigenvalue weighted by molar-refractivity contribution is 7.89. The summed E-state index contributed by atoms with van der Waals surface area (Å²) in [4.78, 5) is 12.3. The van der Waals surface area contributed by atoms with Gasteiger partial charge in [0.05, 0.1) is 24.7 Å². The van der Waals surface area contributed by atoms with Crippen LogP contribution < -0.4 is 4.74 Å². The number of unbranched alkanes of at least 4 members (excludes halogenated alkanes) is 1. The molecule has 0 unspecified atom stereocenters. The SMILES string of the molecule is CCCCOC(=O)[C@H]1[C@H](O)[C@H](O)[C@@H](O)CN1S(=O)(=O)c1ccc(OC)cc1. The molecule has 0 aromatic heterocycles. The number of hydrogen-bond acceptors (Lipinski definition) is 8. The Labute approximate surface area is 158 Å². The van der Waals surface area contributed by atoms with Crippen molar-refractivity contribution in [1.82, 2.24) is 4.31 Å². The molecule has 27 heavy (non-hydrogen) atoms. The summed E-state index contributed by atoms with van der Waals surface area (Å²) < 4.78 is 36.7. The van der Waals surface area contributed by atoms with E-state index < -0.39 is 46.9 Å². The molecule has 0 radical (unpaired) electrons. The second-order valence-electron chi connectivity index (χ2n) is 6.26. The molecule has 1 aromatic carbocycles. The number of methoxy groups -OCH3 is 1. The molecule has 0 aliphatic carbocycles. The molecule has 0 spiro atoms. The Hall–Kier alpha value is -1.72. The number of aliphatic hydroxyl groups is 3. The lowest BCUT2D eigenvalue weighted by molar-refractivity contribution is -0.167. The van der Waals surface area contributed by atoms with Gasteiger partial charge in [-0.3, -0.25) is 4.79 Å². The van der Waals surface area contributed by atoms with E-state index in [2.05, 4.69) is 0 Å². The summed E-state index contributed by atoms with van der Waals surface area (Å²) in [5, 5.41) is 30.1. The van der Waals surface area contributed by atoms with Gasteiger partial charge in [-0.25, -0.2) is 8.42 Å². The number of aliphatic hydroxyl groups excluding tert-OH is 3. The number of rotatable bonds is 7. The van der Waals surface area contributed by atoms with E-state index in [9.17, 15) is 28.5 Å². The number of carbonyl (C=O) groups is 1. The molecule has 1 aliphatic heterocycles. The van der Waals surface area contributed by atoms with Gasteiger partial charge in [0.25, 0.3) is 0 Å². The Morgan fingerprint density at radius 1 is 1.19 bits per heavy atom. The molecule has 1 aliphatic rings. The zero-order valence-electron chi connectivity index (χ0n) is 15.2. The summed E-state index contributed by atoms with van der Waals surface area (Å²) in [6, 6.07) is 3.79. The smallest absolute Gasteiger partial charge is 0.327 e. The number of ether oxygens (including phenoxy) is 2. The molecule has 1 saturated heterocycles. The number of piperidine rings is 1. The molecule has 3 N–H and O–H groups in total. The van der Waals surface area contributed by atoms with Crippen molar-refractivity contribution in [2.45, 2.75) is 49.0 Å². The number of sulfonamides is 1. The third-order valence-corrected chi connectivity index (χ3v) is 6.26. The zero-order chi connectivity index (χ0) is 20.2. The van der Waals surface area contributed by atoms with Crippen molar-refractivity contribution in [3.63, 3.8) is 0 Å². The highest BCUT2D eigenvalue weighted by Crippen LogP contribution is 2.28. The first kappa shape index (κ1) is 21.6. The summed E-state index contributed by atoms with van der Waals surface area (Å²) in [6.45, 7) is 1.40. The van der Waals surface area contributed by atoms with Gasteiger partial charge >= 0.3 is 5.97 Å². The van der Waals surface area contributed by atoms with Gasteiger partial charge < -0.3 is 24.8 Å². The lowest BCUT2D eigenvalue weighted by Crippen LogP contribution is -2.65. The van der Waals surface area contributed by atoms with E-state index in [4.69, 9.17) is 9.47 Å². The molecule has 10 heteroatoms. The monoisotopic (exact) mass is 403 g/mol. The average molecular weight is 403 g/mol. The Morgan fingerprint density at radius 3 is 2.37 bits per heavy atom. The minimum atomic E-state index is -4.26. The van der Waals surface area contributed by atoms with Crippen LogP contribution in [0.4, 0.5) is 0 Å². The van der Waals surface area contributed by atoms with Gasteiger partial charge in [0.2, 0.25) is 10.0 Å². The quantitative estimate of drug-likeness (QED) is 0.410. The number of esters is 1. The van der Waals surface area contributed by atoms with Crippen LogP contribution in [0.15, 0.2) is 29.2 Å². The Balaban J connectivity index is 2.36. The second-order valence-corrected chi connectivity index (χ2v) is 8.16. The molecule has 0 saturated carbocycles. The zero-order valence-corrected chi connectivity index (χ0v) is 16.0. The lowest BCUT2D eigenvalue weighted by atomic mass is 9.96. The fourth-order valence-electron chi connectivity index (χ4n) is 2.78. The molecular formula is C17H25NO8S. The van der Waals surface area contributed by atoms with Crippen molar-refractivity contribution >= 4 is 16.0 Å². The maximum Gasteiger partial charge on any atom is 0.327 e. The van der Waals surface area contributed by atoms with E-state index in [1.807, 2.05) is 6.92 Å². The van der Waals surface area contributed by atoms with Crippen molar-refractivity contribution in [2.75, 3.05) is 20.3 Å². The van der Waals surface area contributed by atoms with E-state index in [-0.39, 0.29) is 11.5 Å². The van der Waals surface area contributed by atoms with Crippen LogP contribution in [0.1, 0.15) is 19.8 Å². The highest BCUT2D eigenvalue weighted by Gasteiger charge is 2.50. The van der Waals surface area contributed by atoms with Gasteiger partial charge in [-0.15, -0.1) is 0 Å². The van der Waals surface area contributed by atoms with Crippen molar-refractivity contribution in [3.8, 4) is 5.75 Å². The van der Waals surface area contributed by atoms with Crippen LogP contribution >= 0.6 is 0 Å². The van der Waals surface area contributed by atoms with Gasteiger partial charge in [-0.05, 0) is 30.7 Å². The molecule has 1 fully saturated rings. The molecule has 0 bridgehead atoms. The first-order valence-electron chi connectivity index (χ1n) is 8.60. The van der Waals surface area contributed by atoms with Crippen molar-refractivity contribution < 1.29 is 38.0 Å². The first-order chi connectivity index (χ1) is 12.7. The first-order valence-corrected chi connectivity index (χ1v) is 10.0. The van der Waals surface area contributed by atoms with Crippen LogP contribution in [0.2, 0.25) is 0 Å². The third kappa shape index (κ3) is 4.58. The van der Waals surface area contributed by atoms with Crippen LogP contribution in [-0.2, 0) is 19.6 Å². The number of β-amino-alcohol motifs (C(OH)–C–C–N with tert-alkyl or cyclic N) is 1. The molecule has 1 heterocycles. The largest absolute Gasteiger partial charge is 0.497 e. The summed E-state index contributed by atoms with van der Waals surface area (Å²) in [5.74, 6) is -0.530. The summed E-state index contributed by atoms with van der Waals surface area (Å²) in [5.41, 5.74) is 0. The molecular weight excluding hydrogens is 378 g/mol. The fourth-order valence-corrected chi connectivity index (χ4v) is 4.39. The van der Waals surface area contributed by atoms with Crippen molar-refractivity contribution in [3.05, 3.63) is 24.3 Å². The van der Waals surface area contributed by atoms with Gasteiger partial charge in [0.15, 0.2) is 6.04 Å². The normalized spacial score (nSPS) is 26.6. The Morgan fingerprint density at radius 2 is 1.81 bits per heavy atom. The molecule has 9 nitrogen and oxygen atoms in total. The number of carbonyl (C=O) groups excluding carboxylic acids is 1. The van der Waals surface area contributed by atoms with E-state index in [1.165, 1.54) is 31.4 Å². The standard InChI is InChI=1S/C17H25NO8S/c1-3-4-9-26-17(22)14-16(21)15(20)13(19)10-18(14)27(23,24)12-7-5-11(25-2)6-8-12/h5-8,13-16,19-21H,3-4,9-10H2,1-2H3/t13-,14+,15+,16-/m0/s1. The van der Waals surface area contributed by atoms with E-state index in [1.54, 1.807) is 0 Å². The van der Waals surface area contributed by atoms with E-state index in [0.717, 1.165) is 6.42 Å². The van der Waals surface area contributed by atoms with Crippen LogP contribution in [0.5, 0.6) is 5.75 Å². The van der Waals surface area contributed by atoms with E-state index in [0.29, 0.717) is 16.5 Å². The summed E-state index contributed by atoms with van der Waals surface area (Å²) in [6.07, 6.45) is -3.71. The van der Waals surface area contributed by atoms with Crippen molar-refractivity contribution in [1.29, 1.82) is 0 Å². The maximum absolute atomic E-state index is 13.0. The Bertz CT molecular complexity index is 736. The molecule has 4 atom stereocenters.